The van der Waals surface area contributed by atoms with Crippen LogP contribution < -0.4 is 11.1 Å². The normalized spacial score (nSPS) is 12.1. The molecule has 3 N–H and O–H groups in total. The Hall–Kier alpha value is -1.95. The lowest BCUT2D eigenvalue weighted by Gasteiger charge is -2.17. The number of benzene rings is 2. The van der Waals surface area contributed by atoms with Gasteiger partial charge in [-0.2, -0.15) is 0 Å². The van der Waals surface area contributed by atoms with Crippen molar-refractivity contribution < 1.29 is 4.39 Å². The van der Waals surface area contributed by atoms with Crippen LogP contribution in [0.3, 0.4) is 0 Å². The second kappa shape index (κ2) is 9.24. The smallest absolute Gasteiger partial charge is 0.142 e. The molecule has 2 aromatic carbocycles. The molecule has 1 heterocycles. The van der Waals surface area contributed by atoms with E-state index in [2.05, 4.69) is 35.4 Å². The van der Waals surface area contributed by atoms with Gasteiger partial charge in [0.15, 0.2) is 0 Å². The van der Waals surface area contributed by atoms with Crippen molar-refractivity contribution in [3.05, 3.63) is 69.6 Å². The van der Waals surface area contributed by atoms with Gasteiger partial charge in [-0.1, -0.05) is 36.2 Å². The summed E-state index contributed by atoms with van der Waals surface area (Å²) < 4.78 is 13.9. The first-order chi connectivity index (χ1) is 13.8. The van der Waals surface area contributed by atoms with Crippen molar-refractivity contribution in [3.8, 4) is 11.1 Å². The fourth-order valence-electron chi connectivity index (χ4n) is 3.18. The van der Waals surface area contributed by atoms with E-state index in [0.717, 1.165) is 28.1 Å². The van der Waals surface area contributed by atoms with Gasteiger partial charge in [-0.15, -0.1) is 11.8 Å². The number of hydrogen-bond acceptors (Lipinski definition) is 4. The summed E-state index contributed by atoms with van der Waals surface area (Å²) in [6.07, 6.45) is 2.68. The molecule has 3 nitrogen and oxygen atoms in total. The molecule has 0 amide bonds. The highest BCUT2D eigenvalue weighted by atomic mass is 35.5. The van der Waals surface area contributed by atoms with Crippen molar-refractivity contribution in [2.75, 3.05) is 18.1 Å². The molecule has 3 aromatic rings. The number of anilines is 2. The van der Waals surface area contributed by atoms with Crippen LogP contribution in [0.15, 0.2) is 47.5 Å². The van der Waals surface area contributed by atoms with Gasteiger partial charge in [0, 0.05) is 40.3 Å². The van der Waals surface area contributed by atoms with E-state index in [4.69, 9.17) is 28.9 Å². The number of nitrogens with one attached hydrogen (secondary N) is 1. The molecule has 0 aliphatic carbocycles. The van der Waals surface area contributed by atoms with E-state index in [-0.39, 0.29) is 10.3 Å². The van der Waals surface area contributed by atoms with Gasteiger partial charge in [0.2, 0.25) is 0 Å². The van der Waals surface area contributed by atoms with Crippen molar-refractivity contribution >= 4 is 46.5 Å². The van der Waals surface area contributed by atoms with E-state index in [1.807, 2.05) is 20.0 Å². The Labute approximate surface area is 184 Å². The number of nitrogens with two attached hydrogens (primary N) is 1. The first kappa shape index (κ1) is 21.8. The summed E-state index contributed by atoms with van der Waals surface area (Å²) in [7, 11) is 1.91. The van der Waals surface area contributed by atoms with Crippen LogP contribution in [-0.4, -0.2) is 12.0 Å². The van der Waals surface area contributed by atoms with Crippen LogP contribution in [0, 0.1) is 5.82 Å². The molecular formula is C22H22Cl2FN3S. The van der Waals surface area contributed by atoms with Gasteiger partial charge in [0.25, 0.3) is 0 Å². The topological polar surface area (TPSA) is 50.9 Å². The lowest BCUT2D eigenvalue weighted by atomic mass is 10.0. The molecule has 1 atom stereocenters. The highest BCUT2D eigenvalue weighted by molar-refractivity contribution is 7.99. The zero-order valence-electron chi connectivity index (χ0n) is 16.4. The predicted octanol–water partition coefficient (Wildman–Crippen LogP) is 7.23. The van der Waals surface area contributed by atoms with Crippen molar-refractivity contribution in [3.63, 3.8) is 0 Å². The first-order valence-electron chi connectivity index (χ1n) is 9.22. The molecule has 29 heavy (non-hydrogen) atoms. The summed E-state index contributed by atoms with van der Waals surface area (Å²) in [6, 6.07) is 11.0. The van der Waals surface area contributed by atoms with Gasteiger partial charge < -0.3 is 11.1 Å². The summed E-state index contributed by atoms with van der Waals surface area (Å²) >= 11 is 13.9. The zero-order chi connectivity index (χ0) is 21.1. The second-order valence-electron chi connectivity index (χ2n) is 6.60. The van der Waals surface area contributed by atoms with Crippen LogP contribution in [0.25, 0.3) is 11.1 Å². The number of nitrogens with zero attached hydrogens (tertiary/aromatic N) is 1. The Bertz CT molecular complexity index is 1040. The third-order valence-corrected chi connectivity index (χ3v) is 6.64. The second-order valence-corrected chi connectivity index (χ2v) is 8.77. The quantitative estimate of drug-likeness (QED) is 0.307. The Morgan fingerprint density at radius 3 is 2.62 bits per heavy atom. The molecule has 0 aliphatic rings. The van der Waals surface area contributed by atoms with Gasteiger partial charge in [-0.3, -0.25) is 0 Å². The van der Waals surface area contributed by atoms with E-state index in [1.165, 1.54) is 29.5 Å². The minimum atomic E-state index is -0.491. The minimum absolute atomic E-state index is 0.0374. The molecule has 3 rings (SSSR count). The van der Waals surface area contributed by atoms with E-state index < -0.39 is 5.82 Å². The maximum atomic E-state index is 13.9. The molecule has 0 saturated carbocycles. The molecule has 0 fully saturated rings. The fraction of sp³-hybridized carbons (Fsp3) is 0.227. The van der Waals surface area contributed by atoms with Gasteiger partial charge in [0.1, 0.15) is 11.6 Å². The van der Waals surface area contributed by atoms with Crippen molar-refractivity contribution in [1.29, 1.82) is 0 Å². The lowest BCUT2D eigenvalue weighted by Crippen LogP contribution is -1.99. The Morgan fingerprint density at radius 2 is 1.93 bits per heavy atom. The first-order valence-corrected chi connectivity index (χ1v) is 10.9. The summed E-state index contributed by atoms with van der Waals surface area (Å²) in [4.78, 5) is 5.16. The fourth-order valence-corrected chi connectivity index (χ4v) is 5.12. The number of nitrogen functional groups attached to an aromatic ring is 1. The van der Waals surface area contributed by atoms with Gasteiger partial charge in [0.05, 0.1) is 9.92 Å². The SMILES string of the molecule is CCc1cc(-c2cnc(N)c(SC(C)c3c(Cl)ccc(F)c3Cl)c2)ccc1NC. The van der Waals surface area contributed by atoms with Crippen LogP contribution in [0.5, 0.6) is 0 Å². The summed E-state index contributed by atoms with van der Waals surface area (Å²) in [5.74, 6) is -0.0770. The highest BCUT2D eigenvalue weighted by Crippen LogP contribution is 2.44. The van der Waals surface area contributed by atoms with Crippen molar-refractivity contribution in [2.24, 2.45) is 0 Å². The molecule has 7 heteroatoms. The lowest BCUT2D eigenvalue weighted by molar-refractivity contribution is 0.626. The number of halogens is 3. The maximum absolute atomic E-state index is 13.9. The van der Waals surface area contributed by atoms with E-state index >= 15 is 0 Å². The van der Waals surface area contributed by atoms with E-state index in [9.17, 15) is 4.39 Å². The van der Waals surface area contributed by atoms with Crippen LogP contribution in [0.4, 0.5) is 15.9 Å². The van der Waals surface area contributed by atoms with Crippen LogP contribution >= 0.6 is 35.0 Å². The largest absolute Gasteiger partial charge is 0.388 e. The van der Waals surface area contributed by atoms with Crippen LogP contribution in [0.2, 0.25) is 10.0 Å². The highest BCUT2D eigenvalue weighted by Gasteiger charge is 2.19. The van der Waals surface area contributed by atoms with Crippen LogP contribution in [0.1, 0.15) is 30.2 Å². The van der Waals surface area contributed by atoms with Crippen LogP contribution in [-0.2, 0) is 6.42 Å². The summed E-state index contributed by atoms with van der Waals surface area (Å²) in [5, 5.41) is 3.47. The standard InChI is InChI=1S/C22H22Cl2FN3S/c1-4-13-9-14(5-8-18(13)27-3)15-10-19(22(26)28-11-15)29-12(2)20-16(23)6-7-17(25)21(20)24/h5-12,27H,4H2,1-3H3,(H2,26,28). The number of aromatic nitrogens is 1. The zero-order valence-corrected chi connectivity index (χ0v) is 18.7. The molecular weight excluding hydrogens is 428 g/mol. The molecule has 152 valence electrons. The Balaban J connectivity index is 1.95. The molecule has 0 aliphatic heterocycles. The monoisotopic (exact) mass is 449 g/mol. The number of thioether (sulfide) groups is 1. The number of pyridine rings is 1. The van der Waals surface area contributed by atoms with Gasteiger partial charge in [-0.05, 0) is 54.8 Å². The summed E-state index contributed by atoms with van der Waals surface area (Å²) in [5.41, 5.74) is 11.0. The number of hydrogen-bond donors (Lipinski definition) is 2. The Morgan fingerprint density at radius 1 is 1.17 bits per heavy atom. The molecule has 0 saturated heterocycles. The third kappa shape index (κ3) is 4.63. The molecule has 1 unspecified atom stereocenters. The minimum Gasteiger partial charge on any atom is -0.388 e. The van der Waals surface area contributed by atoms with E-state index in [1.54, 1.807) is 6.20 Å². The molecule has 0 radical (unpaired) electrons. The maximum Gasteiger partial charge on any atom is 0.142 e. The Kier molecular flexibility index (Phi) is 6.93. The van der Waals surface area contributed by atoms with Gasteiger partial charge >= 0.3 is 0 Å². The van der Waals surface area contributed by atoms with E-state index in [0.29, 0.717) is 16.4 Å². The number of rotatable bonds is 6. The molecule has 0 bridgehead atoms. The number of aryl methyl sites for hydroxylation is 1. The third-order valence-electron chi connectivity index (χ3n) is 4.76. The molecule has 0 spiro atoms. The van der Waals surface area contributed by atoms with Crippen molar-refractivity contribution in [1.82, 2.24) is 4.98 Å². The average molecular weight is 450 g/mol. The average Bonchev–Trinajstić information content (AvgIpc) is 2.72. The van der Waals surface area contributed by atoms with Gasteiger partial charge in [-0.25, -0.2) is 9.37 Å². The molecule has 1 aromatic heterocycles. The van der Waals surface area contributed by atoms with Crippen molar-refractivity contribution in [2.45, 2.75) is 30.4 Å². The predicted molar refractivity (Wildman–Crippen MR) is 124 cm³/mol. The summed E-state index contributed by atoms with van der Waals surface area (Å²) in [6.45, 7) is 4.04.